The first kappa shape index (κ1) is 101. The third-order valence-corrected chi connectivity index (χ3v) is 17.4. The molecule has 0 aliphatic heterocycles. The van der Waals surface area contributed by atoms with E-state index in [0.29, 0.717) is 45.5 Å². The Morgan fingerprint density at radius 2 is 0.477 bits per heavy atom. The van der Waals surface area contributed by atoms with Crippen molar-refractivity contribution in [1.29, 1.82) is 0 Å². The summed E-state index contributed by atoms with van der Waals surface area (Å²) in [6.07, 6.45) is 2.65. The number of aromatic nitrogens is 16. The average molecular weight is 1840 g/mol. The van der Waals surface area contributed by atoms with Gasteiger partial charge in [-0.3, -0.25) is 58.3 Å². The summed E-state index contributed by atoms with van der Waals surface area (Å²) in [6.45, 7) is 0.899. The van der Waals surface area contributed by atoms with Crippen LogP contribution in [0.5, 0.6) is 0 Å². The van der Waals surface area contributed by atoms with Crippen LogP contribution in [-0.4, -0.2) is 271 Å². The van der Waals surface area contributed by atoms with Crippen LogP contribution < -0.4 is 108 Å². The summed E-state index contributed by atoms with van der Waals surface area (Å²) in [4.78, 5) is 242. The van der Waals surface area contributed by atoms with Gasteiger partial charge in [0, 0.05) is 68.9 Å². The SMILES string of the molecule is Nc1nc2ncc(CNc3ccc(C(=O)N[C@@H](CCC(=O)[O-])C(=O)O)cc3)nc2c(=O)[nH]1.Nc1nc2ncc(CNc3ccc(C(=O)N[C@@H](CCC(=O)[O-])C(=O)O)cc3)nc2c(=O)[nH]1.Nc1nc2ncc(CNc3ccc(C(=O)N[C@@H](CCC(=O)[O-])C(=O)O)cc3)nc2c(=O)[nH]1.Nc1nc2ncc(CNc3ccc(C(=O)N[C@@H](CCC(=O)[O-])C(=O)O)cc3)nc2c(=O)[nH]1.[Ca+2].[Ca+2]. The molecule has 4 atom stereocenters. The van der Waals surface area contributed by atoms with Crippen molar-refractivity contribution in [1.82, 2.24) is 101 Å². The van der Waals surface area contributed by atoms with Gasteiger partial charge in [-0.2, -0.15) is 19.9 Å². The summed E-state index contributed by atoms with van der Waals surface area (Å²) in [5, 5.41) is 99.9. The Bertz CT molecular complexity index is 5690. The smallest absolute Gasteiger partial charge is 0.550 e. The minimum Gasteiger partial charge on any atom is -0.550 e. The number of carbonyl (C=O) groups is 12. The number of hydrogen-bond donors (Lipinski definition) is 20. The molecule has 0 saturated heterocycles. The van der Waals surface area contributed by atoms with Crippen molar-refractivity contribution < 1.29 is 98.4 Å². The number of carbonyl (C=O) groups excluding carboxylic acids is 8. The van der Waals surface area contributed by atoms with Gasteiger partial charge in [-0.05, 0) is 148 Å². The number of amides is 4. The number of carboxylic acids is 8. The second-order valence-electron chi connectivity index (χ2n) is 26.8. The molecule has 24 N–H and O–H groups in total. The van der Waals surface area contributed by atoms with Gasteiger partial charge in [0.1, 0.15) is 24.2 Å². The van der Waals surface area contributed by atoms with Gasteiger partial charge in [-0.1, -0.05) is 0 Å². The number of nitrogen functional groups attached to an aromatic ring is 4. The average Bonchev–Trinajstić information content (AvgIpc) is 0.819. The number of nitrogens with two attached hydrogens (primary N) is 4. The van der Waals surface area contributed by atoms with Crippen LogP contribution in [0.2, 0.25) is 0 Å². The number of anilines is 8. The van der Waals surface area contributed by atoms with Gasteiger partial charge in [0.2, 0.25) is 23.8 Å². The van der Waals surface area contributed by atoms with Crippen LogP contribution in [0.1, 0.15) is 116 Å². The molecule has 8 heterocycles. The number of aliphatic carboxylic acids is 8. The van der Waals surface area contributed by atoms with E-state index in [-0.39, 0.29) is 218 Å². The van der Waals surface area contributed by atoms with Gasteiger partial charge in [0.15, 0.2) is 44.7 Å². The van der Waals surface area contributed by atoms with Crippen molar-refractivity contribution in [2.45, 2.75) is 102 Å². The number of fused-ring (bicyclic) bond motifs is 4. The second-order valence-corrected chi connectivity index (χ2v) is 26.8. The van der Waals surface area contributed by atoms with Gasteiger partial charge >= 0.3 is 99.4 Å². The molecule has 0 fully saturated rings. The summed E-state index contributed by atoms with van der Waals surface area (Å²) >= 11 is 0. The van der Waals surface area contributed by atoms with Crippen molar-refractivity contribution in [2.75, 3.05) is 44.2 Å². The monoisotopic (exact) mass is 1840 g/mol. The van der Waals surface area contributed by atoms with E-state index in [1.807, 2.05) is 0 Å². The molecule has 8 aromatic heterocycles. The zero-order valence-corrected chi connectivity index (χ0v) is 71.8. The summed E-state index contributed by atoms with van der Waals surface area (Å²) < 4.78 is 0. The summed E-state index contributed by atoms with van der Waals surface area (Å²) in [6, 6.07) is 19.1. The van der Waals surface area contributed by atoms with E-state index in [0.717, 1.165) is 0 Å². The topological polar surface area (TPSA) is 864 Å². The fourth-order valence-corrected chi connectivity index (χ4v) is 11.0. The largest absolute Gasteiger partial charge is 2.00 e. The first-order valence-electron chi connectivity index (χ1n) is 37.3. The molecule has 12 rings (SSSR count). The molecular weight excluding hydrogens is 1770 g/mol. The predicted octanol–water partition coefficient (Wildman–Crippen LogP) is -6.28. The maximum Gasteiger partial charge on any atom is 2.00 e. The first-order valence-corrected chi connectivity index (χ1v) is 37.3. The van der Waals surface area contributed by atoms with Gasteiger partial charge < -0.3 is 125 Å². The third-order valence-electron chi connectivity index (χ3n) is 17.4. The molecule has 0 saturated carbocycles. The van der Waals surface area contributed by atoms with Gasteiger partial charge in [-0.15, -0.1) is 0 Å². The Hall–Kier alpha value is -15.7. The molecule has 54 heteroatoms. The van der Waals surface area contributed by atoms with Crippen LogP contribution in [0.4, 0.5) is 46.5 Å². The van der Waals surface area contributed by atoms with Crippen molar-refractivity contribution in [3.8, 4) is 0 Å². The van der Waals surface area contributed by atoms with Crippen LogP contribution in [0.25, 0.3) is 44.7 Å². The zero-order valence-electron chi connectivity index (χ0n) is 67.4. The van der Waals surface area contributed by atoms with Crippen LogP contribution >= 0.6 is 0 Å². The molecule has 52 nitrogen and oxygen atoms in total. The summed E-state index contributed by atoms with van der Waals surface area (Å²) in [5.41, 5.74) is 25.7. The normalized spacial score (nSPS) is 11.4. The maximum atomic E-state index is 12.3. The molecule has 12 aromatic rings. The molecule has 0 radical (unpaired) electrons. The minimum absolute atomic E-state index is 0. The number of carboxylic acid groups (broad SMARTS) is 8. The van der Waals surface area contributed by atoms with E-state index in [1.54, 1.807) is 48.5 Å². The molecule has 664 valence electrons. The summed E-state index contributed by atoms with van der Waals surface area (Å²) in [5.74, 6) is -13.8. The Morgan fingerprint density at radius 3 is 0.638 bits per heavy atom. The standard InChI is InChI=1S/4C19H19N7O6.2Ca/c4*20-19-25-15-14(17(30)26-19)23-11(8-22-15)7-21-10-3-1-9(2-4-10)16(29)24-12(18(31)32)5-6-13(27)28;;/h4*1-4,8,12,21H,5-7H2,(H,24,29)(H,27,28)(H,31,32)(H3,20,22,25,26,30);;/q;;;;2*+2/p-4/t4*12-;;/m0000../s1. The number of H-pyrrole nitrogens is 4. The van der Waals surface area contributed by atoms with Crippen molar-refractivity contribution in [2.24, 2.45) is 0 Å². The Kier molecular flexibility index (Phi) is 37.6. The van der Waals surface area contributed by atoms with Crippen LogP contribution in [-0.2, 0) is 64.5 Å². The van der Waals surface area contributed by atoms with Crippen LogP contribution in [0.3, 0.4) is 0 Å². The molecule has 0 unspecified atom stereocenters. The van der Waals surface area contributed by atoms with E-state index >= 15 is 0 Å². The van der Waals surface area contributed by atoms with Gasteiger partial charge in [0.25, 0.3) is 45.9 Å². The van der Waals surface area contributed by atoms with E-state index in [4.69, 9.17) is 43.4 Å². The molecular formula is C76H72Ca2N28O24. The number of nitrogens with zero attached hydrogens (tertiary/aromatic N) is 12. The maximum absolute atomic E-state index is 12.3. The molecule has 0 bridgehead atoms. The number of rotatable bonds is 36. The van der Waals surface area contributed by atoms with E-state index in [1.165, 1.54) is 73.3 Å². The van der Waals surface area contributed by atoms with E-state index in [2.05, 4.69) is 122 Å². The van der Waals surface area contributed by atoms with Crippen LogP contribution in [0.15, 0.2) is 141 Å². The Balaban J connectivity index is 0.000000236. The molecule has 0 aliphatic rings. The minimum atomic E-state index is -1.40. The van der Waals surface area contributed by atoms with Crippen molar-refractivity contribution in [3.63, 3.8) is 0 Å². The van der Waals surface area contributed by atoms with Crippen molar-refractivity contribution >= 4 is 238 Å². The summed E-state index contributed by atoms with van der Waals surface area (Å²) in [7, 11) is 0. The van der Waals surface area contributed by atoms with Gasteiger partial charge in [-0.25, -0.2) is 59.0 Å². The molecule has 0 aliphatic carbocycles. The number of hydrogen-bond acceptors (Lipinski definition) is 40. The number of aromatic amines is 4. The first-order chi connectivity index (χ1) is 60.9. The third kappa shape index (κ3) is 30.9. The molecule has 4 amide bonds. The second kappa shape index (κ2) is 48.1. The number of benzene rings is 4. The van der Waals surface area contributed by atoms with Crippen molar-refractivity contribution in [3.05, 3.63) is 208 Å². The number of nitrogens with one attached hydrogen (secondary N) is 12. The Morgan fingerprint density at radius 1 is 0.300 bits per heavy atom. The van der Waals surface area contributed by atoms with E-state index in [9.17, 15) is 97.1 Å². The Labute approximate surface area is 785 Å². The molecule has 4 aromatic carbocycles. The predicted molar refractivity (Wildman–Crippen MR) is 449 cm³/mol. The fourth-order valence-electron chi connectivity index (χ4n) is 11.0. The van der Waals surface area contributed by atoms with Crippen LogP contribution in [0, 0.1) is 0 Å². The van der Waals surface area contributed by atoms with Gasteiger partial charge in [0.05, 0.1) is 73.7 Å². The molecule has 130 heavy (non-hydrogen) atoms. The quantitative estimate of drug-likeness (QED) is 0.0162. The zero-order chi connectivity index (χ0) is 93.0. The fraction of sp³-hybridized carbons (Fsp3) is 0.211. The van der Waals surface area contributed by atoms with E-state index < -0.39 is 143 Å². The molecule has 0 spiro atoms.